The molecule has 0 saturated heterocycles. The lowest BCUT2D eigenvalue weighted by Gasteiger charge is -2.25. The summed E-state index contributed by atoms with van der Waals surface area (Å²) in [4.78, 5) is 14.7. The van der Waals surface area contributed by atoms with Gasteiger partial charge in [0.1, 0.15) is 6.61 Å². The molecule has 0 atom stereocenters. The highest BCUT2D eigenvalue weighted by atomic mass is 16.5. The van der Waals surface area contributed by atoms with E-state index in [2.05, 4.69) is 6.07 Å². The van der Waals surface area contributed by atoms with Crippen LogP contribution in [-0.2, 0) is 22.4 Å². The first-order chi connectivity index (χ1) is 11.2. The van der Waals surface area contributed by atoms with Crippen LogP contribution in [0.5, 0.6) is 0 Å². The summed E-state index contributed by atoms with van der Waals surface area (Å²) in [7, 11) is 0. The number of ether oxygens (including phenoxy) is 1. The molecular weight excluding hydrogens is 288 g/mol. The highest BCUT2D eigenvalue weighted by molar-refractivity contribution is 6.03. The number of carbonyl (C=O) groups excluding carboxylic acids is 1. The number of hydrogen-bond donors (Lipinski definition) is 1. The van der Waals surface area contributed by atoms with Crippen molar-refractivity contribution >= 4 is 23.0 Å². The fourth-order valence-corrected chi connectivity index (χ4v) is 3.10. The predicted octanol–water partition coefficient (Wildman–Crippen LogP) is 3.21. The maximum atomic E-state index is 12.9. The van der Waals surface area contributed by atoms with Gasteiger partial charge in [-0.25, -0.2) is 0 Å². The van der Waals surface area contributed by atoms with E-state index in [0.29, 0.717) is 5.69 Å². The van der Waals surface area contributed by atoms with E-state index in [1.54, 1.807) is 4.90 Å². The molecule has 4 heteroatoms. The van der Waals surface area contributed by atoms with Crippen LogP contribution in [0.2, 0.25) is 0 Å². The summed E-state index contributed by atoms with van der Waals surface area (Å²) in [5.41, 5.74) is 10.8. The largest absolute Gasteiger partial charge is 0.399 e. The molecule has 1 amide bonds. The Bertz CT molecular complexity index is 753. The zero-order valence-corrected chi connectivity index (χ0v) is 13.0. The average molecular weight is 308 g/mol. The number of carbonyl (C=O) groups is 1. The number of amides is 1. The Morgan fingerprint density at radius 2 is 1.83 bits per heavy atom. The molecule has 4 nitrogen and oxygen atoms in total. The smallest absolute Gasteiger partial charge is 0.257 e. The van der Waals surface area contributed by atoms with Crippen LogP contribution in [0.3, 0.4) is 0 Å². The highest BCUT2D eigenvalue weighted by Crippen LogP contribution is 2.37. The van der Waals surface area contributed by atoms with Gasteiger partial charge in [0.15, 0.2) is 0 Å². The van der Waals surface area contributed by atoms with Gasteiger partial charge < -0.3 is 10.5 Å². The summed E-state index contributed by atoms with van der Waals surface area (Å²) in [6, 6.07) is 13.9. The number of nitrogens with two attached hydrogens (primary N) is 1. The van der Waals surface area contributed by atoms with Crippen molar-refractivity contribution in [3.8, 4) is 0 Å². The Morgan fingerprint density at radius 1 is 1.09 bits per heavy atom. The Balaban J connectivity index is 1.77. The van der Waals surface area contributed by atoms with Crippen LogP contribution in [-0.4, -0.2) is 18.6 Å². The summed E-state index contributed by atoms with van der Waals surface area (Å²) >= 11 is 0. The molecule has 118 valence electrons. The lowest BCUT2D eigenvalue weighted by molar-refractivity contribution is -0.122. The van der Waals surface area contributed by atoms with Crippen LogP contribution in [0.4, 0.5) is 17.1 Å². The fraction of sp³-hybridized carbons (Fsp3) is 0.316. The molecule has 23 heavy (non-hydrogen) atoms. The second-order valence-electron chi connectivity index (χ2n) is 6.26. The van der Waals surface area contributed by atoms with E-state index in [1.165, 1.54) is 5.56 Å². The first-order valence-electron chi connectivity index (χ1n) is 8.13. The van der Waals surface area contributed by atoms with Gasteiger partial charge in [-0.3, -0.25) is 9.69 Å². The Morgan fingerprint density at radius 3 is 2.61 bits per heavy atom. The fourth-order valence-electron chi connectivity index (χ4n) is 3.10. The molecule has 1 fully saturated rings. The van der Waals surface area contributed by atoms with Crippen molar-refractivity contribution in [3.05, 3.63) is 53.6 Å². The SMILES string of the molecule is Nc1ccc2c(c1)N(C(=O)COC1CC1)c1ccccc1CC2. The molecule has 0 radical (unpaired) electrons. The van der Waals surface area contributed by atoms with Gasteiger partial charge in [0.05, 0.1) is 17.5 Å². The Hall–Kier alpha value is -2.33. The van der Waals surface area contributed by atoms with Crippen molar-refractivity contribution in [1.29, 1.82) is 0 Å². The van der Waals surface area contributed by atoms with Gasteiger partial charge in [-0.2, -0.15) is 0 Å². The summed E-state index contributed by atoms with van der Waals surface area (Å²) in [5, 5.41) is 0. The first kappa shape index (κ1) is 14.3. The van der Waals surface area contributed by atoms with Crippen LogP contribution in [0.15, 0.2) is 42.5 Å². The molecular formula is C19H20N2O2. The number of fused-ring (bicyclic) bond motifs is 2. The van der Waals surface area contributed by atoms with Gasteiger partial charge in [0.25, 0.3) is 5.91 Å². The van der Waals surface area contributed by atoms with Gasteiger partial charge in [0, 0.05) is 5.69 Å². The minimum atomic E-state index is -0.0295. The topological polar surface area (TPSA) is 55.6 Å². The van der Waals surface area contributed by atoms with Crippen LogP contribution in [0, 0.1) is 0 Å². The maximum Gasteiger partial charge on any atom is 0.257 e. The molecule has 4 rings (SSSR count). The summed E-state index contributed by atoms with van der Waals surface area (Å²) < 4.78 is 5.65. The molecule has 2 N–H and O–H groups in total. The number of hydrogen-bond acceptors (Lipinski definition) is 3. The normalized spacial score (nSPS) is 16.4. The van der Waals surface area contributed by atoms with Gasteiger partial charge in [-0.05, 0) is 55.0 Å². The number of anilines is 3. The van der Waals surface area contributed by atoms with Crippen LogP contribution in [0.1, 0.15) is 24.0 Å². The van der Waals surface area contributed by atoms with Crippen molar-refractivity contribution in [2.75, 3.05) is 17.2 Å². The summed E-state index contributed by atoms with van der Waals surface area (Å²) in [5.74, 6) is -0.0295. The second-order valence-corrected chi connectivity index (χ2v) is 6.26. The minimum Gasteiger partial charge on any atom is -0.399 e. The number of rotatable bonds is 3. The van der Waals surface area contributed by atoms with E-state index < -0.39 is 0 Å². The molecule has 0 aromatic heterocycles. The number of para-hydroxylation sites is 1. The highest BCUT2D eigenvalue weighted by Gasteiger charge is 2.28. The summed E-state index contributed by atoms with van der Waals surface area (Å²) in [6.45, 7) is 0.118. The molecule has 0 bridgehead atoms. The summed E-state index contributed by atoms with van der Waals surface area (Å²) in [6.07, 6.45) is 4.21. The van der Waals surface area contributed by atoms with E-state index >= 15 is 0 Å². The van der Waals surface area contributed by atoms with Crippen molar-refractivity contribution < 1.29 is 9.53 Å². The van der Waals surface area contributed by atoms with Crippen molar-refractivity contribution in [1.82, 2.24) is 0 Å². The Labute approximate surface area is 135 Å². The molecule has 0 spiro atoms. The molecule has 2 aromatic rings. The molecule has 0 unspecified atom stereocenters. The third kappa shape index (κ3) is 2.82. The van der Waals surface area contributed by atoms with Crippen LogP contribution >= 0.6 is 0 Å². The lowest BCUT2D eigenvalue weighted by Crippen LogP contribution is -2.31. The van der Waals surface area contributed by atoms with Gasteiger partial charge in [-0.1, -0.05) is 24.3 Å². The molecule has 1 heterocycles. The quantitative estimate of drug-likeness (QED) is 0.886. The molecule has 2 aliphatic rings. The maximum absolute atomic E-state index is 12.9. The molecule has 1 aliphatic carbocycles. The van der Waals surface area contributed by atoms with Gasteiger partial charge >= 0.3 is 0 Å². The zero-order valence-electron chi connectivity index (χ0n) is 13.0. The van der Waals surface area contributed by atoms with E-state index in [4.69, 9.17) is 10.5 Å². The minimum absolute atomic E-state index is 0.0295. The van der Waals surface area contributed by atoms with Crippen LogP contribution < -0.4 is 10.6 Å². The van der Waals surface area contributed by atoms with Crippen molar-refractivity contribution in [3.63, 3.8) is 0 Å². The monoisotopic (exact) mass is 308 g/mol. The van der Waals surface area contributed by atoms with E-state index in [9.17, 15) is 4.79 Å². The van der Waals surface area contributed by atoms with Crippen molar-refractivity contribution in [2.45, 2.75) is 31.8 Å². The molecule has 2 aromatic carbocycles. The van der Waals surface area contributed by atoms with Gasteiger partial charge in [-0.15, -0.1) is 0 Å². The standard InChI is InChI=1S/C19H20N2O2/c20-15-8-7-14-6-5-13-3-1-2-4-17(13)21(18(14)11-15)19(22)12-23-16-9-10-16/h1-4,7-8,11,16H,5-6,9-10,12,20H2. The molecule has 1 saturated carbocycles. The number of aryl methyl sites for hydroxylation is 2. The molecule has 1 aliphatic heterocycles. The number of nitrogens with zero attached hydrogens (tertiary/aromatic N) is 1. The Kier molecular flexibility index (Phi) is 3.54. The third-order valence-corrected chi connectivity index (χ3v) is 4.46. The zero-order chi connectivity index (χ0) is 15.8. The van der Waals surface area contributed by atoms with E-state index in [1.807, 2.05) is 36.4 Å². The number of nitrogen functional groups attached to an aromatic ring is 1. The van der Waals surface area contributed by atoms with Gasteiger partial charge in [0.2, 0.25) is 0 Å². The van der Waals surface area contributed by atoms with E-state index in [0.717, 1.165) is 42.6 Å². The average Bonchev–Trinajstić information content (AvgIpc) is 3.38. The van der Waals surface area contributed by atoms with E-state index in [-0.39, 0.29) is 18.6 Å². The van der Waals surface area contributed by atoms with Crippen LogP contribution in [0.25, 0.3) is 0 Å². The predicted molar refractivity (Wildman–Crippen MR) is 90.8 cm³/mol. The third-order valence-electron chi connectivity index (χ3n) is 4.46. The first-order valence-corrected chi connectivity index (χ1v) is 8.13. The lowest BCUT2D eigenvalue weighted by atomic mass is 10.0. The number of benzene rings is 2. The van der Waals surface area contributed by atoms with Crippen molar-refractivity contribution in [2.24, 2.45) is 0 Å². The second kappa shape index (κ2) is 5.70.